The van der Waals surface area contributed by atoms with E-state index in [1.165, 1.54) is 26.4 Å². The van der Waals surface area contributed by atoms with E-state index in [4.69, 9.17) is 9.47 Å². The van der Waals surface area contributed by atoms with Gasteiger partial charge in [0.1, 0.15) is 12.3 Å². The quantitative estimate of drug-likeness (QED) is 0.706. The maximum absolute atomic E-state index is 13.2. The summed E-state index contributed by atoms with van der Waals surface area (Å²) in [6, 6.07) is 14.3. The number of hydrogen-bond acceptors (Lipinski definition) is 5. The summed E-state index contributed by atoms with van der Waals surface area (Å²) in [7, 11) is -0.909. The third kappa shape index (κ3) is 5.45. The number of nitrogens with zero attached hydrogens (tertiary/aromatic N) is 1. The van der Waals surface area contributed by atoms with Gasteiger partial charge in [0.05, 0.1) is 24.3 Å². The Morgan fingerprint density at radius 1 is 1.11 bits per heavy atom. The molecule has 0 aromatic heterocycles. The molecule has 8 heteroatoms. The summed E-state index contributed by atoms with van der Waals surface area (Å²) in [6.07, 6.45) is 0. The number of methoxy groups -OCH3 is 2. The number of sulfonamides is 1. The number of ether oxygens (including phenoxy) is 2. The van der Waals surface area contributed by atoms with Crippen LogP contribution < -0.4 is 14.4 Å². The first-order chi connectivity index (χ1) is 12.9. The largest absolute Gasteiger partial charge is 0.497 e. The molecule has 1 N–H and O–H groups in total. The molecule has 0 fully saturated rings. The molecular formula is C19H24N2O5S. The number of nitrogens with one attached hydrogen (secondary N) is 1. The monoisotopic (exact) mass is 392 g/mol. The number of hydrogen-bond donors (Lipinski definition) is 1. The second kappa shape index (κ2) is 9.38. The molecule has 0 saturated heterocycles. The van der Waals surface area contributed by atoms with Crippen LogP contribution in [-0.2, 0) is 19.6 Å². The van der Waals surface area contributed by atoms with Crippen LogP contribution in [0.25, 0.3) is 0 Å². The first kappa shape index (κ1) is 20.7. The first-order valence-corrected chi connectivity index (χ1v) is 9.82. The summed E-state index contributed by atoms with van der Waals surface area (Å²) in [5.74, 6) is 0.0656. The third-order valence-corrected chi connectivity index (χ3v) is 5.57. The van der Waals surface area contributed by atoms with Gasteiger partial charge in [-0.3, -0.25) is 9.10 Å². The molecule has 0 radical (unpaired) electrons. The lowest BCUT2D eigenvalue weighted by Crippen LogP contribution is -2.44. The predicted octanol–water partition coefficient (Wildman–Crippen LogP) is 2.04. The summed E-state index contributed by atoms with van der Waals surface area (Å²) in [6.45, 7) is 1.75. The lowest BCUT2D eigenvalue weighted by molar-refractivity contribution is -0.120. The zero-order chi connectivity index (χ0) is 19.9. The Bertz CT molecular complexity index is 855. The Labute approximate surface area is 160 Å². The normalized spacial score (nSPS) is 12.3. The molecule has 146 valence electrons. The van der Waals surface area contributed by atoms with Crippen molar-refractivity contribution in [1.29, 1.82) is 0 Å². The van der Waals surface area contributed by atoms with Gasteiger partial charge in [0.2, 0.25) is 5.91 Å². The van der Waals surface area contributed by atoms with Gasteiger partial charge in [0.25, 0.3) is 10.0 Å². The van der Waals surface area contributed by atoms with Gasteiger partial charge >= 0.3 is 0 Å². The molecule has 27 heavy (non-hydrogen) atoms. The predicted molar refractivity (Wildman–Crippen MR) is 103 cm³/mol. The number of carbonyl (C=O) groups is 1. The van der Waals surface area contributed by atoms with Gasteiger partial charge in [0, 0.05) is 19.2 Å². The van der Waals surface area contributed by atoms with Crippen molar-refractivity contribution in [3.05, 3.63) is 54.6 Å². The van der Waals surface area contributed by atoms with Crippen LogP contribution in [0.3, 0.4) is 0 Å². The second-order valence-electron chi connectivity index (χ2n) is 5.95. The van der Waals surface area contributed by atoms with Gasteiger partial charge in [-0.15, -0.1) is 0 Å². The standard InChI is InChI=1S/C19H24N2O5S/c1-15(14-25-2)20-19(22)13-21(16-8-7-9-17(12-16)26-3)27(23,24)18-10-5-4-6-11-18/h4-12,15H,13-14H2,1-3H3,(H,20,22)/t15-/m0/s1. The molecule has 0 aliphatic heterocycles. The maximum atomic E-state index is 13.2. The molecule has 0 saturated carbocycles. The summed E-state index contributed by atoms with van der Waals surface area (Å²) in [5.41, 5.74) is 0.341. The van der Waals surface area contributed by atoms with Gasteiger partial charge in [0.15, 0.2) is 0 Å². The SMILES string of the molecule is COC[C@H](C)NC(=O)CN(c1cccc(OC)c1)S(=O)(=O)c1ccccc1. The van der Waals surface area contributed by atoms with Crippen LogP contribution >= 0.6 is 0 Å². The van der Waals surface area contributed by atoms with Gasteiger partial charge in [-0.25, -0.2) is 8.42 Å². The Morgan fingerprint density at radius 3 is 2.44 bits per heavy atom. The van der Waals surface area contributed by atoms with Crippen LogP contribution in [0.5, 0.6) is 5.75 Å². The molecule has 2 aromatic carbocycles. The lowest BCUT2D eigenvalue weighted by atomic mass is 10.3. The van der Waals surface area contributed by atoms with Crippen molar-refractivity contribution in [2.75, 3.05) is 31.7 Å². The molecule has 1 atom stereocenters. The molecule has 0 unspecified atom stereocenters. The molecule has 2 rings (SSSR count). The van der Waals surface area contributed by atoms with Crippen molar-refractivity contribution in [3.8, 4) is 5.75 Å². The van der Waals surface area contributed by atoms with Crippen molar-refractivity contribution < 1.29 is 22.7 Å². The van der Waals surface area contributed by atoms with E-state index in [0.717, 1.165) is 4.31 Å². The van der Waals surface area contributed by atoms with Gasteiger partial charge < -0.3 is 14.8 Å². The minimum absolute atomic E-state index is 0.102. The maximum Gasteiger partial charge on any atom is 0.264 e. The number of carbonyl (C=O) groups excluding carboxylic acids is 1. The van der Waals surface area contributed by atoms with Crippen LogP contribution in [0, 0.1) is 0 Å². The Morgan fingerprint density at radius 2 is 1.81 bits per heavy atom. The lowest BCUT2D eigenvalue weighted by Gasteiger charge is -2.25. The minimum Gasteiger partial charge on any atom is -0.497 e. The van der Waals surface area contributed by atoms with E-state index in [2.05, 4.69) is 5.32 Å². The molecule has 0 aliphatic rings. The van der Waals surface area contributed by atoms with E-state index in [9.17, 15) is 13.2 Å². The number of rotatable bonds is 9. The Hall–Kier alpha value is -2.58. The Kier molecular flexibility index (Phi) is 7.20. The molecular weight excluding hydrogens is 368 g/mol. The first-order valence-electron chi connectivity index (χ1n) is 8.38. The van der Waals surface area contributed by atoms with Crippen molar-refractivity contribution in [3.63, 3.8) is 0 Å². The highest BCUT2D eigenvalue weighted by Crippen LogP contribution is 2.26. The van der Waals surface area contributed by atoms with Gasteiger partial charge in [-0.05, 0) is 31.2 Å². The summed E-state index contributed by atoms with van der Waals surface area (Å²) in [5, 5.41) is 2.73. The number of benzene rings is 2. The fraction of sp³-hybridized carbons (Fsp3) is 0.316. The van der Waals surface area contributed by atoms with Crippen LogP contribution in [0.4, 0.5) is 5.69 Å². The topological polar surface area (TPSA) is 84.9 Å². The molecule has 1 amide bonds. The van der Waals surface area contributed by atoms with Crippen LogP contribution in [-0.4, -0.2) is 47.7 Å². The molecule has 0 aliphatic carbocycles. The summed E-state index contributed by atoms with van der Waals surface area (Å²) < 4.78 is 37.6. The van der Waals surface area contributed by atoms with Crippen molar-refractivity contribution >= 4 is 21.6 Å². The smallest absolute Gasteiger partial charge is 0.264 e. The van der Waals surface area contributed by atoms with Gasteiger partial charge in [-0.1, -0.05) is 24.3 Å². The van der Waals surface area contributed by atoms with Crippen molar-refractivity contribution in [2.45, 2.75) is 17.9 Å². The van der Waals surface area contributed by atoms with Crippen molar-refractivity contribution in [1.82, 2.24) is 5.32 Å². The van der Waals surface area contributed by atoms with Crippen molar-refractivity contribution in [2.24, 2.45) is 0 Å². The van der Waals surface area contributed by atoms with Crippen LogP contribution in [0.15, 0.2) is 59.5 Å². The van der Waals surface area contributed by atoms with E-state index >= 15 is 0 Å². The molecule has 0 heterocycles. The zero-order valence-corrected chi connectivity index (χ0v) is 16.4. The van der Waals surface area contributed by atoms with E-state index in [0.29, 0.717) is 18.0 Å². The van der Waals surface area contributed by atoms with E-state index in [1.807, 2.05) is 0 Å². The summed E-state index contributed by atoms with van der Waals surface area (Å²) >= 11 is 0. The fourth-order valence-electron chi connectivity index (χ4n) is 2.54. The molecule has 0 spiro atoms. The second-order valence-corrected chi connectivity index (χ2v) is 7.81. The Balaban J connectivity index is 2.38. The number of anilines is 1. The highest BCUT2D eigenvalue weighted by molar-refractivity contribution is 7.92. The number of amides is 1. The molecule has 0 bridgehead atoms. The zero-order valence-electron chi connectivity index (χ0n) is 15.6. The van der Waals surface area contributed by atoms with E-state index in [-0.39, 0.29) is 17.5 Å². The van der Waals surface area contributed by atoms with E-state index < -0.39 is 15.9 Å². The van der Waals surface area contributed by atoms with E-state index in [1.54, 1.807) is 49.4 Å². The third-order valence-electron chi connectivity index (χ3n) is 3.78. The average molecular weight is 392 g/mol. The molecule has 2 aromatic rings. The molecule has 7 nitrogen and oxygen atoms in total. The average Bonchev–Trinajstić information content (AvgIpc) is 2.67. The van der Waals surface area contributed by atoms with Crippen LogP contribution in [0.1, 0.15) is 6.92 Å². The fourth-order valence-corrected chi connectivity index (χ4v) is 3.98. The highest BCUT2D eigenvalue weighted by atomic mass is 32.2. The summed E-state index contributed by atoms with van der Waals surface area (Å²) in [4.78, 5) is 12.5. The minimum atomic E-state index is -3.94. The van der Waals surface area contributed by atoms with Gasteiger partial charge in [-0.2, -0.15) is 0 Å². The van der Waals surface area contributed by atoms with Crippen LogP contribution in [0.2, 0.25) is 0 Å². The highest BCUT2D eigenvalue weighted by Gasteiger charge is 2.27.